The van der Waals surface area contributed by atoms with Crippen LogP contribution in [0.1, 0.15) is 22.4 Å². The van der Waals surface area contributed by atoms with Gasteiger partial charge in [-0.2, -0.15) is 15.1 Å². The fourth-order valence-electron chi connectivity index (χ4n) is 4.49. The summed E-state index contributed by atoms with van der Waals surface area (Å²) in [5.74, 6) is -0.451. The highest BCUT2D eigenvalue weighted by Crippen LogP contribution is 2.34. The van der Waals surface area contributed by atoms with Crippen LogP contribution in [0, 0.1) is 12.3 Å². The van der Waals surface area contributed by atoms with Crippen molar-refractivity contribution < 1.29 is 4.79 Å². The summed E-state index contributed by atoms with van der Waals surface area (Å²) in [7, 11) is 0. The van der Waals surface area contributed by atoms with E-state index < -0.39 is 5.91 Å². The average Bonchev–Trinajstić information content (AvgIpc) is 3.42. The highest BCUT2D eigenvalue weighted by atomic mass is 35.5. The zero-order valence-electron chi connectivity index (χ0n) is 19.3. The molecule has 1 amide bonds. The van der Waals surface area contributed by atoms with Crippen molar-refractivity contribution in [3.8, 4) is 0 Å². The Morgan fingerprint density at radius 2 is 1.72 bits per heavy atom. The normalized spacial score (nSPS) is 16.5. The number of nitrogens with zero attached hydrogens (tertiary/aromatic N) is 4. The van der Waals surface area contributed by atoms with Crippen molar-refractivity contribution >= 4 is 62.3 Å². The third-order valence-corrected chi connectivity index (χ3v) is 7.58. The van der Waals surface area contributed by atoms with Gasteiger partial charge in [0.05, 0.1) is 10.6 Å². The van der Waals surface area contributed by atoms with E-state index in [-0.39, 0.29) is 11.4 Å². The molecule has 6 rings (SSSR count). The molecule has 0 saturated heterocycles. The van der Waals surface area contributed by atoms with Crippen LogP contribution in [0.5, 0.6) is 0 Å². The maximum atomic E-state index is 13.1. The van der Waals surface area contributed by atoms with Gasteiger partial charge in [0, 0.05) is 34.3 Å². The minimum absolute atomic E-state index is 0.00107. The van der Waals surface area contributed by atoms with Gasteiger partial charge in [0.15, 0.2) is 5.84 Å². The Morgan fingerprint density at radius 1 is 1.00 bits per heavy atom. The maximum absolute atomic E-state index is 13.1. The van der Waals surface area contributed by atoms with Crippen molar-refractivity contribution in [2.75, 3.05) is 0 Å². The summed E-state index contributed by atoms with van der Waals surface area (Å²) >= 11 is 7.59. The van der Waals surface area contributed by atoms with E-state index in [1.54, 1.807) is 12.1 Å². The summed E-state index contributed by atoms with van der Waals surface area (Å²) in [4.78, 5) is 17.3. The Morgan fingerprint density at radius 3 is 2.53 bits per heavy atom. The van der Waals surface area contributed by atoms with E-state index in [4.69, 9.17) is 17.0 Å². The molecule has 2 aliphatic rings. The van der Waals surface area contributed by atoms with E-state index in [0.29, 0.717) is 21.8 Å². The highest BCUT2D eigenvalue weighted by molar-refractivity contribution is 8.27. The molecule has 0 saturated carbocycles. The number of thioether (sulfide) groups is 1. The molecule has 0 radical (unpaired) electrons. The van der Waals surface area contributed by atoms with Crippen molar-refractivity contribution in [2.45, 2.75) is 13.5 Å². The molecule has 6 nitrogen and oxygen atoms in total. The predicted octanol–water partition coefficient (Wildman–Crippen LogP) is 6.32. The lowest BCUT2D eigenvalue weighted by molar-refractivity contribution is -0.114. The molecule has 0 bridgehead atoms. The van der Waals surface area contributed by atoms with Crippen LogP contribution in [0.4, 0.5) is 0 Å². The molecule has 36 heavy (non-hydrogen) atoms. The quantitative estimate of drug-likeness (QED) is 0.327. The number of para-hydroxylation sites is 1. The first kappa shape index (κ1) is 22.5. The first-order chi connectivity index (χ1) is 17.5. The Hall–Kier alpha value is -3.94. The summed E-state index contributed by atoms with van der Waals surface area (Å²) in [5.41, 5.74) is 5.11. The Balaban J connectivity index is 1.42. The smallest absolute Gasteiger partial charge is 0.283 e. The van der Waals surface area contributed by atoms with Gasteiger partial charge in [0.25, 0.3) is 5.91 Å². The van der Waals surface area contributed by atoms with Crippen LogP contribution in [0.15, 0.2) is 94.5 Å². The zero-order valence-corrected chi connectivity index (χ0v) is 20.8. The van der Waals surface area contributed by atoms with Gasteiger partial charge in [-0.15, -0.1) is 0 Å². The molecule has 1 aromatic heterocycles. The van der Waals surface area contributed by atoms with Gasteiger partial charge in [0.1, 0.15) is 5.04 Å². The molecule has 0 fully saturated rings. The Labute approximate surface area is 217 Å². The monoisotopic (exact) mass is 509 g/mol. The number of carbonyl (C=O) groups is 1. The molecule has 3 heterocycles. The minimum Gasteiger partial charge on any atom is -0.340 e. The largest absolute Gasteiger partial charge is 0.340 e. The third kappa shape index (κ3) is 3.77. The predicted molar refractivity (Wildman–Crippen MR) is 148 cm³/mol. The van der Waals surface area contributed by atoms with Crippen molar-refractivity contribution in [1.29, 1.82) is 5.41 Å². The summed E-state index contributed by atoms with van der Waals surface area (Å²) in [6.45, 7) is 2.75. The fourth-order valence-corrected chi connectivity index (χ4v) is 5.70. The van der Waals surface area contributed by atoms with Crippen molar-refractivity contribution in [3.63, 3.8) is 0 Å². The number of rotatable bonds is 4. The molecule has 8 heteroatoms. The molecule has 0 aliphatic carbocycles. The first-order valence-electron chi connectivity index (χ1n) is 11.4. The Kier molecular flexibility index (Phi) is 5.59. The summed E-state index contributed by atoms with van der Waals surface area (Å²) < 4.78 is 2.24. The van der Waals surface area contributed by atoms with E-state index in [2.05, 4.69) is 32.9 Å². The minimum atomic E-state index is -0.450. The van der Waals surface area contributed by atoms with Crippen LogP contribution in [-0.4, -0.2) is 31.5 Å². The van der Waals surface area contributed by atoms with E-state index in [9.17, 15) is 4.79 Å². The molecule has 0 spiro atoms. The van der Waals surface area contributed by atoms with Crippen molar-refractivity contribution in [3.05, 3.63) is 112 Å². The van der Waals surface area contributed by atoms with Crippen LogP contribution >= 0.6 is 23.4 Å². The van der Waals surface area contributed by atoms with Gasteiger partial charge < -0.3 is 4.57 Å². The fraction of sp³-hybridized carbons (Fsp3) is 0.0714. The lowest BCUT2D eigenvalue weighted by Crippen LogP contribution is -2.35. The first-order valence-corrected chi connectivity index (χ1v) is 12.6. The number of hydrogen-bond acceptors (Lipinski definition) is 4. The number of hydrogen-bond donors (Lipinski definition) is 1. The van der Waals surface area contributed by atoms with E-state index in [0.717, 1.165) is 27.7 Å². The number of halogens is 1. The molecule has 0 unspecified atom stereocenters. The lowest BCUT2D eigenvalue weighted by Gasteiger charge is -2.20. The molecule has 176 valence electrons. The maximum Gasteiger partial charge on any atom is 0.283 e. The summed E-state index contributed by atoms with van der Waals surface area (Å²) in [5, 5.41) is 17.3. The standard InChI is InChI=1S/C28H20ClN5OS/c1-17-21(19-11-6-8-14-24(19)33(17)16-18-9-3-2-4-10-18)15-22-25(30)34-28(31-26(22)35)36-27(32-34)20-12-5-7-13-23(20)29/h2-15,30H,16H2,1H3. The zero-order chi connectivity index (χ0) is 24.8. The van der Waals surface area contributed by atoms with E-state index in [1.807, 2.05) is 61.5 Å². The third-order valence-electron chi connectivity index (χ3n) is 6.31. The van der Waals surface area contributed by atoms with Crippen LogP contribution in [0.25, 0.3) is 17.0 Å². The molecule has 2 aliphatic heterocycles. The van der Waals surface area contributed by atoms with Crippen LogP contribution in [0.3, 0.4) is 0 Å². The number of aromatic nitrogens is 1. The molecule has 4 aromatic rings. The lowest BCUT2D eigenvalue weighted by atomic mass is 10.1. The number of amidine groups is 2. The number of hydrazone groups is 1. The number of nitrogens with one attached hydrogen (secondary N) is 1. The van der Waals surface area contributed by atoms with Gasteiger partial charge in [0.2, 0.25) is 5.17 Å². The summed E-state index contributed by atoms with van der Waals surface area (Å²) in [6.07, 6.45) is 1.78. The van der Waals surface area contributed by atoms with Crippen LogP contribution in [-0.2, 0) is 11.3 Å². The number of aliphatic imine (C=N–C) groups is 1. The SMILES string of the molecule is Cc1c(C=C2C(=N)N3N=C(c4ccccc4Cl)SC3=NC2=O)c2ccccc2n1Cc1ccccc1. The number of amides is 1. The van der Waals surface area contributed by atoms with Gasteiger partial charge >= 0.3 is 0 Å². The molecular weight excluding hydrogens is 490 g/mol. The van der Waals surface area contributed by atoms with Gasteiger partial charge in [-0.05, 0) is 42.5 Å². The topological polar surface area (TPSA) is 73.8 Å². The van der Waals surface area contributed by atoms with Crippen LogP contribution < -0.4 is 0 Å². The molecule has 1 N–H and O–H groups in total. The highest BCUT2D eigenvalue weighted by Gasteiger charge is 2.36. The average molecular weight is 510 g/mol. The van der Waals surface area contributed by atoms with Crippen molar-refractivity contribution in [2.24, 2.45) is 10.1 Å². The van der Waals surface area contributed by atoms with Crippen LogP contribution in [0.2, 0.25) is 5.02 Å². The van der Waals surface area contributed by atoms with Gasteiger partial charge in [-0.25, -0.2) is 0 Å². The Bertz CT molecular complexity index is 1650. The second-order valence-corrected chi connectivity index (χ2v) is 9.86. The number of carbonyl (C=O) groups excluding carboxylic acids is 1. The number of fused-ring (bicyclic) bond motifs is 2. The second-order valence-electron chi connectivity index (χ2n) is 8.49. The molecule has 0 atom stereocenters. The molecular formula is C28H20ClN5OS. The van der Waals surface area contributed by atoms with E-state index >= 15 is 0 Å². The van der Waals surface area contributed by atoms with Gasteiger partial charge in [-0.1, -0.05) is 78.3 Å². The summed E-state index contributed by atoms with van der Waals surface area (Å²) in [6, 6.07) is 25.8. The molecule has 3 aromatic carbocycles. The number of benzene rings is 3. The van der Waals surface area contributed by atoms with Crippen molar-refractivity contribution in [1.82, 2.24) is 9.58 Å². The second kappa shape index (κ2) is 8.93. The van der Waals surface area contributed by atoms with Gasteiger partial charge in [-0.3, -0.25) is 10.2 Å². The van der Waals surface area contributed by atoms with E-state index in [1.165, 1.54) is 22.3 Å².